The fourth-order valence-electron chi connectivity index (χ4n) is 3.25. The highest BCUT2D eigenvalue weighted by Gasteiger charge is 2.18. The molecule has 8 heteroatoms. The molecule has 0 fully saturated rings. The molecule has 0 radical (unpaired) electrons. The van der Waals surface area contributed by atoms with Crippen LogP contribution in [0.15, 0.2) is 83.9 Å². The van der Waals surface area contributed by atoms with Crippen molar-refractivity contribution in [1.29, 1.82) is 5.41 Å². The number of nitrogen functional groups attached to an aromatic ring is 1. The van der Waals surface area contributed by atoms with Crippen molar-refractivity contribution >= 4 is 23.6 Å². The summed E-state index contributed by atoms with van der Waals surface area (Å²) >= 11 is 0. The van der Waals surface area contributed by atoms with Gasteiger partial charge in [0, 0.05) is 19.2 Å². The number of carbonyl (C=O) groups excluding carboxylic acids is 2. The first kappa shape index (κ1) is 25.2. The third-order valence-corrected chi connectivity index (χ3v) is 5.06. The molecule has 0 saturated carbocycles. The second-order valence-electron chi connectivity index (χ2n) is 7.73. The Balaban J connectivity index is 1.67. The van der Waals surface area contributed by atoms with Crippen LogP contribution in [0.5, 0.6) is 5.75 Å². The molecule has 0 aliphatic heterocycles. The SMILES string of the molecule is CCOC(=O)/C(=N/Cc1ccc(C(=O)Oc2ccc(C(=N)N)cc2)cc1)N(C)Cc1ccccc1. The van der Waals surface area contributed by atoms with E-state index in [1.54, 1.807) is 67.4 Å². The number of amidine groups is 2. The summed E-state index contributed by atoms with van der Waals surface area (Å²) in [6.45, 7) is 2.76. The molecule has 0 aliphatic rings. The smallest absolute Gasteiger partial charge is 0.373 e. The van der Waals surface area contributed by atoms with E-state index in [2.05, 4.69) is 4.99 Å². The highest BCUT2D eigenvalue weighted by molar-refractivity contribution is 6.35. The zero-order valence-corrected chi connectivity index (χ0v) is 19.7. The number of nitrogens with one attached hydrogen (secondary N) is 1. The molecule has 8 nitrogen and oxygen atoms in total. The molecule has 3 rings (SSSR count). The van der Waals surface area contributed by atoms with E-state index in [1.807, 2.05) is 30.3 Å². The number of ether oxygens (including phenoxy) is 2. The molecule has 3 N–H and O–H groups in total. The Hall–Kier alpha value is -4.46. The van der Waals surface area contributed by atoms with Crippen LogP contribution < -0.4 is 10.5 Å². The van der Waals surface area contributed by atoms with Gasteiger partial charge in [-0.15, -0.1) is 0 Å². The highest BCUT2D eigenvalue weighted by atomic mass is 16.5. The summed E-state index contributed by atoms with van der Waals surface area (Å²) in [7, 11) is 1.80. The van der Waals surface area contributed by atoms with Gasteiger partial charge in [0.15, 0.2) is 0 Å². The van der Waals surface area contributed by atoms with Crippen molar-refractivity contribution in [2.75, 3.05) is 13.7 Å². The van der Waals surface area contributed by atoms with Gasteiger partial charge in [0.1, 0.15) is 11.6 Å². The number of nitrogens with two attached hydrogens (primary N) is 1. The van der Waals surface area contributed by atoms with Crippen LogP contribution in [0.4, 0.5) is 0 Å². The normalized spacial score (nSPS) is 11.0. The number of benzene rings is 3. The summed E-state index contributed by atoms with van der Waals surface area (Å²) < 4.78 is 10.6. The largest absolute Gasteiger partial charge is 0.460 e. The average Bonchev–Trinajstić information content (AvgIpc) is 2.85. The lowest BCUT2D eigenvalue weighted by molar-refractivity contribution is -0.135. The quantitative estimate of drug-likeness (QED) is 0.223. The number of hydrogen-bond acceptors (Lipinski definition) is 6. The maximum absolute atomic E-state index is 12.5. The van der Waals surface area contributed by atoms with E-state index >= 15 is 0 Å². The van der Waals surface area contributed by atoms with E-state index in [9.17, 15) is 9.59 Å². The molecular weight excluding hydrogens is 444 g/mol. The Bertz CT molecular complexity index is 1190. The minimum Gasteiger partial charge on any atom is -0.460 e. The summed E-state index contributed by atoms with van der Waals surface area (Å²) in [5.74, 6) is -0.465. The van der Waals surface area contributed by atoms with Gasteiger partial charge in [0.25, 0.3) is 0 Å². The molecule has 35 heavy (non-hydrogen) atoms. The number of carbonyl (C=O) groups is 2. The number of nitrogens with zero attached hydrogens (tertiary/aromatic N) is 2. The van der Waals surface area contributed by atoms with Crippen LogP contribution in [0, 0.1) is 5.41 Å². The lowest BCUT2D eigenvalue weighted by Gasteiger charge is -2.20. The van der Waals surface area contributed by atoms with E-state index in [0.29, 0.717) is 23.4 Å². The zero-order chi connectivity index (χ0) is 25.2. The van der Waals surface area contributed by atoms with Crippen LogP contribution >= 0.6 is 0 Å². The first-order valence-electron chi connectivity index (χ1n) is 11.1. The molecule has 180 valence electrons. The molecule has 0 atom stereocenters. The molecule has 0 bridgehead atoms. The van der Waals surface area contributed by atoms with Crippen LogP contribution in [0.25, 0.3) is 0 Å². The summed E-state index contributed by atoms with van der Waals surface area (Å²) in [5, 5.41) is 7.41. The van der Waals surface area contributed by atoms with Crippen molar-refractivity contribution in [2.24, 2.45) is 10.7 Å². The number of esters is 2. The minimum atomic E-state index is -0.509. The van der Waals surface area contributed by atoms with Gasteiger partial charge >= 0.3 is 11.9 Å². The van der Waals surface area contributed by atoms with Crippen molar-refractivity contribution in [3.8, 4) is 5.75 Å². The van der Waals surface area contributed by atoms with Gasteiger partial charge in [-0.25, -0.2) is 9.59 Å². The third kappa shape index (κ3) is 7.26. The predicted octanol–water partition coefficient (Wildman–Crippen LogP) is 3.78. The molecule has 0 aliphatic carbocycles. The first-order valence-corrected chi connectivity index (χ1v) is 11.1. The van der Waals surface area contributed by atoms with Crippen molar-refractivity contribution in [1.82, 2.24) is 4.90 Å². The lowest BCUT2D eigenvalue weighted by atomic mass is 10.1. The van der Waals surface area contributed by atoms with Crippen LogP contribution in [0.1, 0.15) is 34.0 Å². The molecular formula is C27H28N4O4. The van der Waals surface area contributed by atoms with E-state index < -0.39 is 11.9 Å². The molecule has 3 aromatic carbocycles. The monoisotopic (exact) mass is 472 g/mol. The summed E-state index contributed by atoms with van der Waals surface area (Å²) in [6, 6.07) is 23.0. The van der Waals surface area contributed by atoms with E-state index in [0.717, 1.165) is 11.1 Å². The number of likely N-dealkylation sites (N-methyl/N-ethyl adjacent to an activating group) is 1. The van der Waals surface area contributed by atoms with Crippen LogP contribution in [-0.4, -0.2) is 42.2 Å². The Morgan fingerprint density at radius 1 is 0.914 bits per heavy atom. The maximum atomic E-state index is 12.5. The van der Waals surface area contributed by atoms with E-state index in [1.165, 1.54) is 0 Å². The molecule has 0 saturated heterocycles. The van der Waals surface area contributed by atoms with Gasteiger partial charge in [-0.3, -0.25) is 10.4 Å². The molecule has 0 aromatic heterocycles. The van der Waals surface area contributed by atoms with Crippen molar-refractivity contribution in [2.45, 2.75) is 20.0 Å². The van der Waals surface area contributed by atoms with E-state index in [4.69, 9.17) is 20.6 Å². The summed E-state index contributed by atoms with van der Waals surface area (Å²) in [5.41, 5.74) is 8.23. The van der Waals surface area contributed by atoms with Crippen LogP contribution in [0.3, 0.4) is 0 Å². The summed E-state index contributed by atoms with van der Waals surface area (Å²) in [4.78, 5) is 31.2. The number of aliphatic imine (C=N–C) groups is 1. The molecule has 0 unspecified atom stereocenters. The topological polar surface area (TPSA) is 118 Å². The lowest BCUT2D eigenvalue weighted by Crippen LogP contribution is -2.34. The predicted molar refractivity (Wildman–Crippen MR) is 135 cm³/mol. The van der Waals surface area contributed by atoms with Crippen molar-refractivity contribution in [3.63, 3.8) is 0 Å². The second-order valence-corrected chi connectivity index (χ2v) is 7.73. The third-order valence-electron chi connectivity index (χ3n) is 5.06. The Kier molecular flexibility index (Phi) is 8.72. The standard InChI is InChI=1S/C27H28N4O4/c1-3-34-27(33)25(31(2)18-20-7-5-4-6-8-20)30-17-19-9-11-22(12-10-19)26(32)35-23-15-13-21(14-16-23)24(28)29/h4-16H,3,17-18H2,1-2H3,(H3,28,29)/b30-25-. The van der Waals surface area contributed by atoms with Crippen molar-refractivity contribution in [3.05, 3.63) is 101 Å². The second kappa shape index (κ2) is 12.1. The minimum absolute atomic E-state index is 0.0569. The van der Waals surface area contributed by atoms with Gasteiger partial charge in [-0.05, 0) is 54.4 Å². The first-order chi connectivity index (χ1) is 16.9. The van der Waals surface area contributed by atoms with Gasteiger partial charge in [-0.1, -0.05) is 42.5 Å². The van der Waals surface area contributed by atoms with Crippen LogP contribution in [0.2, 0.25) is 0 Å². The average molecular weight is 473 g/mol. The molecule has 0 heterocycles. The molecule has 0 amide bonds. The Morgan fingerprint density at radius 3 is 2.14 bits per heavy atom. The highest BCUT2D eigenvalue weighted by Crippen LogP contribution is 2.15. The number of rotatable bonds is 8. The molecule has 0 spiro atoms. The van der Waals surface area contributed by atoms with Gasteiger partial charge < -0.3 is 20.1 Å². The van der Waals surface area contributed by atoms with Gasteiger partial charge in [0.2, 0.25) is 5.84 Å². The van der Waals surface area contributed by atoms with Crippen molar-refractivity contribution < 1.29 is 19.1 Å². The van der Waals surface area contributed by atoms with Gasteiger partial charge in [-0.2, -0.15) is 0 Å². The van der Waals surface area contributed by atoms with Crippen LogP contribution in [-0.2, 0) is 22.6 Å². The summed E-state index contributed by atoms with van der Waals surface area (Å²) in [6.07, 6.45) is 0. The fourth-order valence-corrected chi connectivity index (χ4v) is 3.25. The number of hydrogen-bond donors (Lipinski definition) is 2. The van der Waals surface area contributed by atoms with Gasteiger partial charge in [0.05, 0.1) is 18.7 Å². The maximum Gasteiger partial charge on any atom is 0.373 e. The molecule has 3 aromatic rings. The zero-order valence-electron chi connectivity index (χ0n) is 19.7. The Labute approximate surface area is 204 Å². The fraction of sp³-hybridized carbons (Fsp3) is 0.185. The Morgan fingerprint density at radius 2 is 1.54 bits per heavy atom. The van der Waals surface area contributed by atoms with E-state index in [-0.39, 0.29) is 24.8 Å².